The molecule has 0 spiro atoms. The van der Waals surface area contributed by atoms with Crippen LogP contribution in [0.4, 0.5) is 0 Å². The van der Waals surface area contributed by atoms with Crippen LogP contribution in [0.15, 0.2) is 24.1 Å². The average molecular weight is 74.7 g/mol. The highest BCUT2D eigenvalue weighted by molar-refractivity contribution is 6.49. The highest BCUT2D eigenvalue weighted by atomic mass is 13.6. The third-order valence-corrected chi connectivity index (χ3v) is 0.655. The van der Waals surface area contributed by atoms with Gasteiger partial charge in [-0.25, -0.2) is 0 Å². The third-order valence-electron chi connectivity index (χ3n) is 0.655. The summed E-state index contributed by atoms with van der Waals surface area (Å²) in [5.74, 6) is 4.25. The second-order valence-corrected chi connectivity index (χ2v) is 1.09. The van der Waals surface area contributed by atoms with Crippen LogP contribution in [-0.2, 0) is 0 Å². The van der Waals surface area contributed by atoms with Gasteiger partial charge < -0.3 is 0 Å². The minimum absolute atomic E-state index is 0. The first-order chi connectivity index (χ1) is 2.50. The van der Waals surface area contributed by atoms with Crippen LogP contribution < -0.4 is 0 Å². The van der Waals surface area contributed by atoms with Gasteiger partial charge in [-0.2, -0.15) is 0 Å². The maximum Gasteiger partial charge on any atom is 0.173 e. The van der Waals surface area contributed by atoms with Gasteiger partial charge in [-0.05, 0) is 0 Å². The maximum atomic E-state index is 2.12. The zero-order valence-corrected chi connectivity index (χ0v) is 3.59. The van der Waals surface area contributed by atoms with Gasteiger partial charge in [-0.15, -0.1) is 12.0 Å². The molecule has 6 heavy (non-hydrogen) atoms. The van der Waals surface area contributed by atoms with E-state index in [1.165, 1.54) is 0 Å². The largest absolute Gasteiger partial charge is 0.173 e. The van der Waals surface area contributed by atoms with Crippen LogP contribution in [0.2, 0.25) is 0 Å². The summed E-state index contributed by atoms with van der Waals surface area (Å²) < 4.78 is 0. The Morgan fingerprint density at radius 2 is 1.50 bits per heavy atom. The van der Waals surface area contributed by atoms with Crippen LogP contribution in [0.25, 0.3) is 0 Å². The molecule has 0 saturated heterocycles. The van der Waals surface area contributed by atoms with Crippen LogP contribution in [0.3, 0.4) is 0 Å². The van der Waals surface area contributed by atoms with E-state index in [1.807, 2.05) is 0 Å². The van der Waals surface area contributed by atoms with E-state index in [0.717, 1.165) is 7.28 Å². The molecule has 0 N–H and O–H groups in total. The van der Waals surface area contributed by atoms with E-state index in [1.54, 1.807) is 0 Å². The van der Waals surface area contributed by atoms with Crippen LogP contribution in [0.5, 0.6) is 0 Å². The molecule has 1 rings (SSSR count). The first-order valence-electron chi connectivity index (χ1n) is 1.82. The molecule has 0 bridgehead atoms. The van der Waals surface area contributed by atoms with E-state index in [0.29, 0.717) is 0 Å². The Balaban J connectivity index is 0.000000250. The molecule has 0 nitrogen and oxygen atoms in total. The number of hydrogen-bond acceptors (Lipinski definition) is 0. The van der Waals surface area contributed by atoms with Gasteiger partial charge in [0.1, 0.15) is 0 Å². The van der Waals surface area contributed by atoms with E-state index < -0.39 is 0 Å². The van der Waals surface area contributed by atoms with Crippen molar-refractivity contribution in [1.29, 1.82) is 0 Å². The molecular weight excluding hydrogens is 69.7 g/mol. The predicted molar refractivity (Wildman–Crippen MR) is 31.2 cm³/mol. The Morgan fingerprint density at radius 3 is 1.67 bits per heavy atom. The molecule has 27 valence electrons. The molecule has 0 aliphatic carbocycles. The topological polar surface area (TPSA) is 0 Å². The summed E-state index contributed by atoms with van der Waals surface area (Å²) in [6.07, 6.45) is 4.11. The van der Waals surface area contributed by atoms with E-state index in [9.17, 15) is 0 Å². The van der Waals surface area contributed by atoms with E-state index >= 15 is 0 Å². The third kappa shape index (κ3) is 1.16. The minimum atomic E-state index is 0. The first-order valence-corrected chi connectivity index (χ1v) is 1.82. The molecule has 0 amide bonds. The Labute approximate surface area is 40.8 Å². The minimum Gasteiger partial charge on any atom is -0.114 e. The van der Waals surface area contributed by atoms with Crippen molar-refractivity contribution in [3.05, 3.63) is 24.1 Å². The summed E-state index contributed by atoms with van der Waals surface area (Å²) in [6, 6.07) is 0. The van der Waals surface area contributed by atoms with Crippen molar-refractivity contribution >= 4 is 15.7 Å². The van der Waals surface area contributed by atoms with Crippen molar-refractivity contribution in [3.8, 4) is 0 Å². The van der Waals surface area contributed by atoms with Crippen LogP contribution >= 0.6 is 0 Å². The molecule has 3 radical (unpaired) electrons. The molecular formula is C4H5B2. The van der Waals surface area contributed by atoms with Gasteiger partial charge in [0.2, 0.25) is 0 Å². The van der Waals surface area contributed by atoms with Crippen LogP contribution in [-0.4, -0.2) is 15.7 Å². The normalized spacial score (nSPS) is 13.3. The fraction of sp³-hybridized carbons (Fsp3) is 0. The number of allylic oxidation sites excluding steroid dienone is 2. The second-order valence-electron chi connectivity index (χ2n) is 1.09. The smallest absolute Gasteiger partial charge is 0.114 e. The number of hydrogen-bond donors (Lipinski definition) is 0. The lowest BCUT2D eigenvalue weighted by Gasteiger charge is -1.51. The van der Waals surface area contributed by atoms with Crippen molar-refractivity contribution in [3.63, 3.8) is 0 Å². The second kappa shape index (κ2) is 2.83. The molecule has 2 heteroatoms. The molecule has 0 unspecified atom stereocenters. The van der Waals surface area contributed by atoms with E-state index in [4.69, 9.17) is 0 Å². The van der Waals surface area contributed by atoms with E-state index in [2.05, 4.69) is 24.1 Å². The zero-order chi connectivity index (χ0) is 3.54. The Morgan fingerprint density at radius 1 is 1.00 bits per heavy atom. The zero-order valence-electron chi connectivity index (χ0n) is 3.59. The van der Waals surface area contributed by atoms with Crippen molar-refractivity contribution in [2.45, 2.75) is 0 Å². The van der Waals surface area contributed by atoms with E-state index in [-0.39, 0.29) is 8.41 Å². The van der Waals surface area contributed by atoms with Crippen LogP contribution in [0, 0.1) is 0 Å². The quantitative estimate of drug-likeness (QED) is 0.357. The van der Waals surface area contributed by atoms with Crippen molar-refractivity contribution in [2.75, 3.05) is 0 Å². The summed E-state index contributed by atoms with van der Waals surface area (Å²) in [5, 5.41) is 0. The van der Waals surface area contributed by atoms with Gasteiger partial charge in [-0.1, -0.05) is 12.2 Å². The lowest BCUT2D eigenvalue weighted by atomic mass is 9.83. The molecule has 0 aromatic rings. The first kappa shape index (κ1) is 5.61. The number of rotatable bonds is 0. The Bertz CT molecular complexity index is 63.6. The molecule has 0 saturated carbocycles. The molecule has 0 atom stereocenters. The lowest BCUT2D eigenvalue weighted by molar-refractivity contribution is 2.15. The van der Waals surface area contributed by atoms with Gasteiger partial charge in [0, 0.05) is 8.41 Å². The summed E-state index contributed by atoms with van der Waals surface area (Å²) in [6.45, 7) is 0. The van der Waals surface area contributed by atoms with Gasteiger partial charge >= 0.3 is 0 Å². The highest BCUT2D eigenvalue weighted by Crippen LogP contribution is 1.82. The molecule has 0 aromatic carbocycles. The van der Waals surface area contributed by atoms with Gasteiger partial charge in [0.15, 0.2) is 7.28 Å². The summed E-state index contributed by atoms with van der Waals surface area (Å²) in [7, 11) is 1.14. The Kier molecular flexibility index (Phi) is 2.64. The van der Waals surface area contributed by atoms with Crippen molar-refractivity contribution in [2.24, 2.45) is 0 Å². The van der Waals surface area contributed by atoms with Gasteiger partial charge in [0.05, 0.1) is 0 Å². The van der Waals surface area contributed by atoms with Gasteiger partial charge in [0.25, 0.3) is 0 Å². The predicted octanol–water partition coefficient (Wildman–Crippen LogP) is 0.0831. The van der Waals surface area contributed by atoms with Crippen molar-refractivity contribution < 1.29 is 0 Å². The molecule has 0 fully saturated rings. The van der Waals surface area contributed by atoms with Gasteiger partial charge in [-0.3, -0.25) is 0 Å². The Hall–Kier alpha value is -0.390. The standard InChI is InChI=1S/C4H5B.B/c1-2-4-5-3-1;/h1-5H;. The lowest BCUT2D eigenvalue weighted by Crippen LogP contribution is -1.63. The van der Waals surface area contributed by atoms with Crippen molar-refractivity contribution in [1.82, 2.24) is 0 Å². The SMILES string of the molecule is B1C=CC=C1.[B]. The summed E-state index contributed by atoms with van der Waals surface area (Å²) in [4.78, 5) is 0. The summed E-state index contributed by atoms with van der Waals surface area (Å²) in [5.41, 5.74) is 0. The molecule has 1 aliphatic heterocycles. The molecule has 1 aliphatic rings. The maximum absolute atomic E-state index is 2.12. The summed E-state index contributed by atoms with van der Waals surface area (Å²) >= 11 is 0. The fourth-order valence-electron chi connectivity index (χ4n) is 0.393. The molecule has 0 aromatic heterocycles. The average Bonchev–Trinajstić information content (AvgIpc) is 1.76. The monoisotopic (exact) mass is 75.1 g/mol. The molecule has 1 heterocycles. The van der Waals surface area contributed by atoms with Crippen LogP contribution in [0.1, 0.15) is 0 Å². The fourth-order valence-corrected chi connectivity index (χ4v) is 0.393. The highest BCUT2D eigenvalue weighted by Gasteiger charge is 1.76.